The van der Waals surface area contributed by atoms with Crippen LogP contribution < -0.4 is 16.4 Å². The Morgan fingerprint density at radius 2 is 1.62 bits per heavy atom. The molecular weight excluding hydrogens is 572 g/mol. The fourth-order valence-electron chi connectivity index (χ4n) is 6.12. The van der Waals surface area contributed by atoms with Crippen molar-refractivity contribution in [2.45, 2.75) is 62.3 Å². The summed E-state index contributed by atoms with van der Waals surface area (Å²) in [5.41, 5.74) is 8.55. The lowest BCUT2D eigenvalue weighted by Crippen LogP contribution is -2.53. The van der Waals surface area contributed by atoms with Gasteiger partial charge in [0.05, 0.1) is 18.8 Å². The fourth-order valence-corrected chi connectivity index (χ4v) is 6.12. The quantitative estimate of drug-likeness (QED) is 0.212. The van der Waals surface area contributed by atoms with Crippen molar-refractivity contribution in [3.05, 3.63) is 102 Å². The van der Waals surface area contributed by atoms with Gasteiger partial charge in [0, 0.05) is 25.2 Å². The Kier molecular flexibility index (Phi) is 10.7. The zero-order valence-electron chi connectivity index (χ0n) is 25.5. The summed E-state index contributed by atoms with van der Waals surface area (Å²) in [5, 5.41) is 16.6. The molecule has 1 aliphatic heterocycles. The molecule has 0 spiro atoms. The minimum absolute atomic E-state index is 0.0633. The number of morpholine rings is 1. The molecule has 5 N–H and O–H groups in total. The van der Waals surface area contributed by atoms with E-state index in [4.69, 9.17) is 15.2 Å². The van der Waals surface area contributed by atoms with Crippen molar-refractivity contribution in [3.63, 3.8) is 0 Å². The standard InChI is InChI=1S/C35H42N4O6/c1-39(35(42)43)32(31(25-11-4-2-5-12-25)26-13-6-3-7-14-26)33(40)38-28-15-9-8-10-24(28)18-19-27-21-37-29(22-44-27)30(45-34(36)41)20-23-16-17-23/h2-15,23,27,29-32,37H,16-22H2,1H3,(H2,36,41)(H,38,40)(H,42,43)/t27-,29+,30?,32+/m1/s1. The van der Waals surface area contributed by atoms with Crippen LogP contribution in [0.1, 0.15) is 48.3 Å². The van der Waals surface area contributed by atoms with E-state index in [2.05, 4.69) is 10.6 Å². The van der Waals surface area contributed by atoms with E-state index in [1.807, 2.05) is 84.9 Å². The molecule has 5 rings (SSSR count). The second-order valence-corrected chi connectivity index (χ2v) is 11.9. The number of hydrogen-bond acceptors (Lipinski definition) is 6. The number of nitrogens with two attached hydrogens (primary N) is 1. The van der Waals surface area contributed by atoms with Crippen molar-refractivity contribution in [1.82, 2.24) is 10.2 Å². The van der Waals surface area contributed by atoms with Crippen LogP contribution in [0.25, 0.3) is 0 Å². The maximum atomic E-state index is 14.1. The number of primary amides is 1. The molecule has 10 heteroatoms. The van der Waals surface area contributed by atoms with Gasteiger partial charge in [0.25, 0.3) is 0 Å². The smallest absolute Gasteiger partial charge is 0.407 e. The van der Waals surface area contributed by atoms with E-state index in [-0.39, 0.29) is 18.2 Å². The van der Waals surface area contributed by atoms with Crippen LogP contribution in [0.4, 0.5) is 15.3 Å². The predicted molar refractivity (Wildman–Crippen MR) is 171 cm³/mol. The van der Waals surface area contributed by atoms with Crippen LogP contribution in [0.5, 0.6) is 0 Å². The number of amides is 3. The number of hydrogen-bond donors (Lipinski definition) is 4. The van der Waals surface area contributed by atoms with E-state index in [0.29, 0.717) is 37.6 Å². The minimum atomic E-state index is -1.19. The summed E-state index contributed by atoms with van der Waals surface area (Å²) in [4.78, 5) is 38.9. The Morgan fingerprint density at radius 3 is 2.18 bits per heavy atom. The van der Waals surface area contributed by atoms with Gasteiger partial charge in [-0.1, -0.05) is 91.7 Å². The molecule has 0 aromatic heterocycles. The van der Waals surface area contributed by atoms with Gasteiger partial charge in [0.15, 0.2) is 0 Å². The number of anilines is 1. The lowest BCUT2D eigenvalue weighted by molar-refractivity contribution is -0.120. The Morgan fingerprint density at radius 1 is 1.00 bits per heavy atom. The molecule has 2 fully saturated rings. The van der Waals surface area contributed by atoms with E-state index < -0.39 is 30.1 Å². The predicted octanol–water partition coefficient (Wildman–Crippen LogP) is 4.99. The number of benzene rings is 3. The molecule has 1 saturated heterocycles. The highest BCUT2D eigenvalue weighted by Gasteiger charge is 2.37. The first kappa shape index (κ1) is 32.0. The molecule has 45 heavy (non-hydrogen) atoms. The van der Waals surface area contributed by atoms with Gasteiger partial charge >= 0.3 is 12.2 Å². The molecule has 1 heterocycles. The summed E-state index contributed by atoms with van der Waals surface area (Å²) >= 11 is 0. The number of para-hydroxylation sites is 1. The van der Waals surface area contributed by atoms with E-state index in [1.165, 1.54) is 7.05 Å². The average molecular weight is 615 g/mol. The molecule has 0 radical (unpaired) electrons. The zero-order valence-corrected chi connectivity index (χ0v) is 25.5. The van der Waals surface area contributed by atoms with Crippen molar-refractivity contribution < 1.29 is 29.0 Å². The third kappa shape index (κ3) is 8.61. The van der Waals surface area contributed by atoms with Gasteiger partial charge in [-0.25, -0.2) is 9.59 Å². The highest BCUT2D eigenvalue weighted by molar-refractivity contribution is 5.98. The molecule has 3 aromatic carbocycles. The van der Waals surface area contributed by atoms with Crippen LogP contribution in [-0.4, -0.2) is 72.6 Å². The number of nitrogens with one attached hydrogen (secondary N) is 2. The number of likely N-dealkylation sites (N-methyl/N-ethyl adjacent to an activating group) is 1. The summed E-state index contributed by atoms with van der Waals surface area (Å²) in [6.07, 6.45) is 2.10. The molecule has 3 aromatic rings. The van der Waals surface area contributed by atoms with Gasteiger partial charge in [-0.05, 0) is 47.9 Å². The fraction of sp³-hybridized carbons (Fsp3) is 0.400. The van der Waals surface area contributed by atoms with E-state index in [0.717, 1.165) is 40.9 Å². The molecule has 3 amide bonds. The van der Waals surface area contributed by atoms with Gasteiger partial charge in [-0.3, -0.25) is 9.69 Å². The lowest BCUT2D eigenvalue weighted by Gasteiger charge is -2.35. The van der Waals surface area contributed by atoms with Crippen molar-refractivity contribution in [2.75, 3.05) is 25.5 Å². The number of carbonyl (C=O) groups excluding carboxylic acids is 2. The van der Waals surface area contributed by atoms with E-state index in [9.17, 15) is 19.5 Å². The van der Waals surface area contributed by atoms with Crippen molar-refractivity contribution >= 4 is 23.8 Å². The summed E-state index contributed by atoms with van der Waals surface area (Å²) in [6, 6.07) is 25.4. The SMILES string of the molecule is CN(C(=O)O)[C@H](C(=O)Nc1ccccc1CC[C@@H]1CN[C@H](C(CC2CC2)OC(N)=O)CO1)C(c1ccccc1)c1ccccc1. The molecule has 1 aliphatic carbocycles. The Labute approximate surface area is 263 Å². The maximum Gasteiger partial charge on any atom is 0.407 e. The van der Waals surface area contributed by atoms with Crippen LogP contribution in [0.2, 0.25) is 0 Å². The van der Waals surface area contributed by atoms with Gasteiger partial charge < -0.3 is 30.9 Å². The minimum Gasteiger partial charge on any atom is -0.465 e. The first-order chi connectivity index (χ1) is 21.8. The van der Waals surface area contributed by atoms with Gasteiger partial charge in [-0.2, -0.15) is 0 Å². The van der Waals surface area contributed by atoms with Crippen LogP contribution >= 0.6 is 0 Å². The third-order valence-electron chi connectivity index (χ3n) is 8.73. The number of ether oxygens (including phenoxy) is 2. The number of nitrogens with zero attached hydrogens (tertiary/aromatic N) is 1. The second-order valence-electron chi connectivity index (χ2n) is 11.9. The molecular formula is C35H42N4O6. The first-order valence-electron chi connectivity index (χ1n) is 15.6. The molecule has 1 saturated carbocycles. The molecule has 238 valence electrons. The largest absolute Gasteiger partial charge is 0.465 e. The highest BCUT2D eigenvalue weighted by Crippen LogP contribution is 2.35. The highest BCUT2D eigenvalue weighted by atomic mass is 16.6. The van der Waals surface area contributed by atoms with Crippen LogP contribution in [0.3, 0.4) is 0 Å². The Balaban J connectivity index is 1.27. The maximum absolute atomic E-state index is 14.1. The lowest BCUT2D eigenvalue weighted by atomic mass is 9.84. The zero-order chi connectivity index (χ0) is 31.8. The van der Waals surface area contributed by atoms with E-state index >= 15 is 0 Å². The van der Waals surface area contributed by atoms with Crippen molar-refractivity contribution in [1.29, 1.82) is 0 Å². The van der Waals surface area contributed by atoms with Crippen molar-refractivity contribution in [3.8, 4) is 0 Å². The number of carbonyl (C=O) groups is 3. The molecule has 2 aliphatic rings. The Bertz CT molecular complexity index is 1390. The number of rotatable bonds is 13. The summed E-state index contributed by atoms with van der Waals surface area (Å²) in [6.45, 7) is 1.01. The Hall–Kier alpha value is -4.41. The van der Waals surface area contributed by atoms with Gasteiger partial charge in [0.2, 0.25) is 5.91 Å². The van der Waals surface area contributed by atoms with Crippen molar-refractivity contribution in [2.24, 2.45) is 11.7 Å². The third-order valence-corrected chi connectivity index (χ3v) is 8.73. The average Bonchev–Trinajstić information content (AvgIpc) is 3.87. The van der Waals surface area contributed by atoms with Crippen LogP contribution in [0.15, 0.2) is 84.9 Å². The van der Waals surface area contributed by atoms with Gasteiger partial charge in [-0.15, -0.1) is 0 Å². The molecule has 0 bridgehead atoms. The second kappa shape index (κ2) is 15.0. The number of aryl methyl sites for hydroxylation is 1. The summed E-state index contributed by atoms with van der Waals surface area (Å²) in [5.74, 6) is -0.372. The number of carboxylic acid groups (broad SMARTS) is 1. The summed E-state index contributed by atoms with van der Waals surface area (Å²) in [7, 11) is 1.43. The summed E-state index contributed by atoms with van der Waals surface area (Å²) < 4.78 is 11.6. The van der Waals surface area contributed by atoms with Crippen LogP contribution in [0, 0.1) is 5.92 Å². The monoisotopic (exact) mass is 614 g/mol. The molecule has 1 unspecified atom stereocenters. The van der Waals surface area contributed by atoms with E-state index in [1.54, 1.807) is 0 Å². The topological polar surface area (TPSA) is 143 Å². The van der Waals surface area contributed by atoms with Crippen LogP contribution in [-0.2, 0) is 20.7 Å². The molecule has 10 nitrogen and oxygen atoms in total. The first-order valence-corrected chi connectivity index (χ1v) is 15.6. The van der Waals surface area contributed by atoms with Gasteiger partial charge in [0.1, 0.15) is 12.1 Å². The molecule has 4 atom stereocenters. The normalized spacial score (nSPS) is 19.3.